The highest BCUT2D eigenvalue weighted by molar-refractivity contribution is 5.80. The van der Waals surface area contributed by atoms with Crippen molar-refractivity contribution in [1.82, 2.24) is 5.32 Å². The molecule has 5 heteroatoms. The topological polar surface area (TPSA) is 75.6 Å². The van der Waals surface area contributed by atoms with Crippen LogP contribution in [0.25, 0.3) is 0 Å². The average Bonchev–Trinajstić information content (AvgIpc) is 3.16. The second-order valence-corrected chi connectivity index (χ2v) is 7.80. The zero-order valence-electron chi connectivity index (χ0n) is 15.5. The number of carboxylic acids is 1. The van der Waals surface area contributed by atoms with E-state index in [1.807, 2.05) is 18.2 Å². The van der Waals surface area contributed by atoms with Crippen LogP contribution in [0.4, 0.5) is 0 Å². The molecule has 2 fully saturated rings. The smallest absolute Gasteiger partial charge is 0.306 e. The fraction of sp³-hybridized carbons (Fsp3) is 0.619. The third kappa shape index (κ3) is 3.87. The van der Waals surface area contributed by atoms with E-state index in [4.69, 9.17) is 4.74 Å². The Morgan fingerprint density at radius 2 is 1.85 bits per heavy atom. The lowest BCUT2D eigenvalue weighted by atomic mass is 9.77. The second-order valence-electron chi connectivity index (χ2n) is 7.80. The lowest BCUT2D eigenvalue weighted by molar-refractivity contribution is -0.144. The Morgan fingerprint density at radius 1 is 1.15 bits per heavy atom. The molecule has 0 aromatic heterocycles. The molecule has 0 saturated heterocycles. The number of para-hydroxylation sites is 1. The minimum atomic E-state index is -0.774. The van der Waals surface area contributed by atoms with E-state index in [0.717, 1.165) is 44.3 Å². The van der Waals surface area contributed by atoms with Gasteiger partial charge in [0.25, 0.3) is 0 Å². The summed E-state index contributed by atoms with van der Waals surface area (Å²) >= 11 is 0. The molecule has 1 aromatic carbocycles. The van der Waals surface area contributed by atoms with E-state index < -0.39 is 5.97 Å². The maximum absolute atomic E-state index is 12.7. The lowest BCUT2D eigenvalue weighted by Crippen LogP contribution is -2.43. The summed E-state index contributed by atoms with van der Waals surface area (Å²) in [6.07, 6.45) is 7.13. The van der Waals surface area contributed by atoms with Gasteiger partial charge in [0.15, 0.2) is 0 Å². The van der Waals surface area contributed by atoms with Gasteiger partial charge in [-0.05, 0) is 38.2 Å². The number of aliphatic carboxylic acids is 1. The Morgan fingerprint density at radius 3 is 2.54 bits per heavy atom. The molecule has 2 saturated carbocycles. The Balaban J connectivity index is 1.69. The molecular formula is C21H29NO4. The van der Waals surface area contributed by atoms with E-state index in [1.54, 1.807) is 7.11 Å². The van der Waals surface area contributed by atoms with Crippen LogP contribution in [0.5, 0.6) is 5.75 Å². The van der Waals surface area contributed by atoms with Gasteiger partial charge >= 0.3 is 5.97 Å². The number of carbonyl (C=O) groups excluding carboxylic acids is 1. The molecular weight excluding hydrogens is 330 g/mol. The zero-order chi connectivity index (χ0) is 18.6. The van der Waals surface area contributed by atoms with Crippen molar-refractivity contribution in [2.45, 2.75) is 56.8 Å². The van der Waals surface area contributed by atoms with Crippen molar-refractivity contribution in [3.05, 3.63) is 29.8 Å². The molecule has 3 rings (SSSR count). The first-order chi connectivity index (χ1) is 12.6. The molecule has 2 N–H and O–H groups in total. The molecule has 1 aromatic rings. The summed E-state index contributed by atoms with van der Waals surface area (Å²) in [5, 5.41) is 12.4. The summed E-state index contributed by atoms with van der Waals surface area (Å²) in [7, 11) is 1.69. The number of hydrogen-bond acceptors (Lipinski definition) is 3. The van der Waals surface area contributed by atoms with Crippen LogP contribution < -0.4 is 10.1 Å². The number of nitrogens with one attached hydrogen (secondary N) is 1. The number of methoxy groups -OCH3 is 1. The van der Waals surface area contributed by atoms with Gasteiger partial charge in [-0.2, -0.15) is 0 Å². The van der Waals surface area contributed by atoms with Crippen LogP contribution in [0.15, 0.2) is 24.3 Å². The van der Waals surface area contributed by atoms with Crippen LogP contribution in [-0.4, -0.2) is 30.6 Å². The van der Waals surface area contributed by atoms with Crippen LogP contribution in [0.1, 0.15) is 56.9 Å². The minimum Gasteiger partial charge on any atom is -0.496 e. The Bertz CT molecular complexity index is 651. The molecule has 26 heavy (non-hydrogen) atoms. The van der Waals surface area contributed by atoms with Gasteiger partial charge in [-0.15, -0.1) is 0 Å². The largest absolute Gasteiger partial charge is 0.496 e. The molecule has 0 heterocycles. The molecule has 5 nitrogen and oxygen atoms in total. The average molecular weight is 359 g/mol. The highest BCUT2D eigenvalue weighted by Crippen LogP contribution is 2.44. The third-order valence-corrected chi connectivity index (χ3v) is 6.23. The number of hydrogen-bond donors (Lipinski definition) is 2. The van der Waals surface area contributed by atoms with Crippen LogP contribution in [0, 0.1) is 11.8 Å². The predicted molar refractivity (Wildman–Crippen MR) is 99.2 cm³/mol. The summed E-state index contributed by atoms with van der Waals surface area (Å²) in [5.41, 5.74) is 1.09. The Kier molecular flexibility index (Phi) is 5.84. The van der Waals surface area contributed by atoms with Crippen LogP contribution in [0.2, 0.25) is 0 Å². The third-order valence-electron chi connectivity index (χ3n) is 6.23. The van der Waals surface area contributed by atoms with Gasteiger partial charge < -0.3 is 15.2 Å². The van der Waals surface area contributed by atoms with Crippen molar-refractivity contribution in [1.29, 1.82) is 0 Å². The molecule has 1 amide bonds. The van der Waals surface area contributed by atoms with E-state index in [2.05, 4.69) is 11.4 Å². The number of carboxylic acid groups (broad SMARTS) is 1. The van der Waals surface area contributed by atoms with Crippen LogP contribution >= 0.6 is 0 Å². The fourth-order valence-electron chi connectivity index (χ4n) is 4.73. The molecule has 0 bridgehead atoms. The van der Waals surface area contributed by atoms with Gasteiger partial charge in [-0.3, -0.25) is 9.59 Å². The van der Waals surface area contributed by atoms with E-state index in [-0.39, 0.29) is 23.2 Å². The van der Waals surface area contributed by atoms with Gasteiger partial charge in [-0.25, -0.2) is 0 Å². The molecule has 2 aliphatic carbocycles. The van der Waals surface area contributed by atoms with Crippen molar-refractivity contribution in [3.63, 3.8) is 0 Å². The van der Waals surface area contributed by atoms with Crippen LogP contribution in [0.3, 0.4) is 0 Å². The van der Waals surface area contributed by atoms with Gasteiger partial charge in [0, 0.05) is 23.4 Å². The number of amides is 1. The Hall–Kier alpha value is -2.04. The van der Waals surface area contributed by atoms with E-state index >= 15 is 0 Å². The summed E-state index contributed by atoms with van der Waals surface area (Å²) in [4.78, 5) is 24.0. The monoisotopic (exact) mass is 359 g/mol. The van der Waals surface area contributed by atoms with Gasteiger partial charge in [0.1, 0.15) is 5.75 Å². The summed E-state index contributed by atoms with van der Waals surface area (Å²) in [6, 6.07) is 8.09. The molecule has 142 valence electrons. The number of carbonyl (C=O) groups is 2. The van der Waals surface area contributed by atoms with Crippen molar-refractivity contribution in [2.75, 3.05) is 13.7 Å². The Labute approximate surface area is 155 Å². The van der Waals surface area contributed by atoms with Gasteiger partial charge in [0.05, 0.1) is 13.0 Å². The molecule has 0 radical (unpaired) electrons. The normalized spacial score (nSPS) is 24.8. The SMILES string of the molecule is COc1ccccc1C1(CNC(=O)C2CCCC(C(=O)O)C2)CCCC1. The van der Waals surface area contributed by atoms with E-state index in [1.165, 1.54) is 5.56 Å². The van der Waals surface area contributed by atoms with E-state index in [9.17, 15) is 14.7 Å². The first-order valence-electron chi connectivity index (χ1n) is 9.70. The highest BCUT2D eigenvalue weighted by Gasteiger charge is 2.39. The minimum absolute atomic E-state index is 0.0112. The highest BCUT2D eigenvalue weighted by atomic mass is 16.5. The number of rotatable bonds is 6. The van der Waals surface area contributed by atoms with Gasteiger partial charge in [-0.1, -0.05) is 37.5 Å². The molecule has 2 aliphatic rings. The standard InChI is InChI=1S/C21H29NO4/c1-26-18-10-3-2-9-17(18)21(11-4-5-12-21)14-22-19(23)15-7-6-8-16(13-15)20(24)25/h2-3,9-10,15-16H,4-8,11-14H2,1H3,(H,22,23)(H,24,25). The lowest BCUT2D eigenvalue weighted by Gasteiger charge is -2.33. The molecule has 0 aliphatic heterocycles. The number of benzene rings is 1. The first-order valence-corrected chi connectivity index (χ1v) is 9.70. The number of ether oxygens (including phenoxy) is 1. The van der Waals surface area contributed by atoms with Crippen molar-refractivity contribution in [2.24, 2.45) is 11.8 Å². The van der Waals surface area contributed by atoms with Crippen molar-refractivity contribution < 1.29 is 19.4 Å². The summed E-state index contributed by atoms with van der Waals surface area (Å²) < 4.78 is 5.57. The fourth-order valence-corrected chi connectivity index (χ4v) is 4.73. The summed E-state index contributed by atoms with van der Waals surface area (Å²) in [5.74, 6) is -0.441. The van der Waals surface area contributed by atoms with Crippen LogP contribution in [-0.2, 0) is 15.0 Å². The van der Waals surface area contributed by atoms with Crippen molar-refractivity contribution in [3.8, 4) is 5.75 Å². The predicted octanol–water partition coefficient (Wildman–Crippen LogP) is 3.51. The molecule has 0 spiro atoms. The maximum atomic E-state index is 12.7. The maximum Gasteiger partial charge on any atom is 0.306 e. The zero-order valence-corrected chi connectivity index (χ0v) is 15.5. The van der Waals surface area contributed by atoms with E-state index in [0.29, 0.717) is 19.4 Å². The molecule has 2 unspecified atom stereocenters. The quantitative estimate of drug-likeness (QED) is 0.815. The first kappa shape index (κ1) is 18.7. The molecule has 2 atom stereocenters. The van der Waals surface area contributed by atoms with Gasteiger partial charge in [0.2, 0.25) is 5.91 Å². The second kappa shape index (κ2) is 8.11. The summed E-state index contributed by atoms with van der Waals surface area (Å²) in [6.45, 7) is 0.598. The van der Waals surface area contributed by atoms with Crippen molar-refractivity contribution >= 4 is 11.9 Å².